The molecule has 2 amide bonds. The van der Waals surface area contributed by atoms with Crippen molar-refractivity contribution in [2.75, 3.05) is 5.32 Å². The second-order valence-electron chi connectivity index (χ2n) is 4.72. The molecule has 0 aromatic heterocycles. The van der Waals surface area contributed by atoms with Crippen molar-refractivity contribution in [3.05, 3.63) is 28.8 Å². The molecule has 0 saturated heterocycles. The molecular weight excluding hydrogens is 268 g/mol. The van der Waals surface area contributed by atoms with Crippen molar-refractivity contribution < 1.29 is 14.7 Å². The summed E-state index contributed by atoms with van der Waals surface area (Å²) in [4.78, 5) is 22.5. The highest BCUT2D eigenvalue weighted by Gasteiger charge is 2.28. The van der Waals surface area contributed by atoms with Gasteiger partial charge in [-0.25, -0.2) is 9.59 Å². The van der Waals surface area contributed by atoms with Gasteiger partial charge in [0.1, 0.15) is 0 Å². The number of carboxylic acid groups (broad SMARTS) is 1. The third-order valence-corrected chi connectivity index (χ3v) is 3.46. The SMILES string of the molecule is CC(NC(=O)Nc1ccc(C(=O)O)c(Cl)c1)C1CC1. The zero-order valence-electron chi connectivity index (χ0n) is 10.4. The lowest BCUT2D eigenvalue weighted by Crippen LogP contribution is -2.37. The molecule has 1 aliphatic rings. The Balaban J connectivity index is 1.96. The number of anilines is 1. The van der Waals surface area contributed by atoms with E-state index < -0.39 is 5.97 Å². The van der Waals surface area contributed by atoms with E-state index in [0.717, 1.165) is 12.8 Å². The van der Waals surface area contributed by atoms with Crippen LogP contribution in [0.25, 0.3) is 0 Å². The van der Waals surface area contributed by atoms with E-state index in [1.54, 1.807) is 0 Å². The van der Waals surface area contributed by atoms with E-state index in [-0.39, 0.29) is 22.7 Å². The molecule has 1 saturated carbocycles. The highest BCUT2D eigenvalue weighted by atomic mass is 35.5. The van der Waals surface area contributed by atoms with Gasteiger partial charge in [-0.3, -0.25) is 0 Å². The number of rotatable bonds is 4. The van der Waals surface area contributed by atoms with E-state index in [2.05, 4.69) is 10.6 Å². The fourth-order valence-electron chi connectivity index (χ4n) is 1.85. The molecule has 102 valence electrons. The molecule has 1 aliphatic carbocycles. The van der Waals surface area contributed by atoms with Gasteiger partial charge in [0.25, 0.3) is 0 Å². The molecule has 0 heterocycles. The number of benzene rings is 1. The maximum atomic E-state index is 11.7. The average Bonchev–Trinajstić information content (AvgIpc) is 3.11. The Kier molecular flexibility index (Phi) is 3.95. The summed E-state index contributed by atoms with van der Waals surface area (Å²) in [5.41, 5.74) is 0.481. The highest BCUT2D eigenvalue weighted by molar-refractivity contribution is 6.33. The third kappa shape index (κ3) is 3.61. The molecule has 1 atom stereocenters. The van der Waals surface area contributed by atoms with Gasteiger partial charge < -0.3 is 15.7 Å². The quantitative estimate of drug-likeness (QED) is 0.794. The second kappa shape index (κ2) is 5.48. The Morgan fingerprint density at radius 1 is 1.42 bits per heavy atom. The summed E-state index contributed by atoms with van der Waals surface area (Å²) in [5.74, 6) is -0.521. The van der Waals surface area contributed by atoms with Crippen LogP contribution in [0.4, 0.5) is 10.5 Å². The number of carbonyl (C=O) groups excluding carboxylic acids is 1. The highest BCUT2D eigenvalue weighted by Crippen LogP contribution is 2.32. The van der Waals surface area contributed by atoms with Crippen LogP contribution in [-0.4, -0.2) is 23.1 Å². The van der Waals surface area contributed by atoms with E-state index in [9.17, 15) is 9.59 Å². The van der Waals surface area contributed by atoms with Gasteiger partial charge in [-0.1, -0.05) is 11.6 Å². The zero-order valence-corrected chi connectivity index (χ0v) is 11.2. The van der Waals surface area contributed by atoms with Crippen LogP contribution in [0.1, 0.15) is 30.1 Å². The number of aromatic carboxylic acids is 1. The van der Waals surface area contributed by atoms with E-state index in [1.165, 1.54) is 18.2 Å². The van der Waals surface area contributed by atoms with Gasteiger partial charge in [0, 0.05) is 11.7 Å². The maximum absolute atomic E-state index is 11.7. The molecule has 2 rings (SSSR count). The van der Waals surface area contributed by atoms with Gasteiger partial charge in [0.15, 0.2) is 0 Å². The van der Waals surface area contributed by atoms with Gasteiger partial charge in [-0.15, -0.1) is 0 Å². The van der Waals surface area contributed by atoms with Crippen molar-refractivity contribution in [2.45, 2.75) is 25.8 Å². The molecule has 5 nitrogen and oxygen atoms in total. The summed E-state index contributed by atoms with van der Waals surface area (Å²) >= 11 is 5.82. The Hall–Kier alpha value is -1.75. The van der Waals surface area contributed by atoms with Crippen LogP contribution in [0.5, 0.6) is 0 Å². The van der Waals surface area contributed by atoms with E-state index in [1.807, 2.05) is 6.92 Å². The molecule has 3 N–H and O–H groups in total. The summed E-state index contributed by atoms with van der Waals surface area (Å²) in [7, 11) is 0. The molecule has 0 aliphatic heterocycles. The minimum Gasteiger partial charge on any atom is -0.478 e. The Morgan fingerprint density at radius 3 is 2.63 bits per heavy atom. The fraction of sp³-hybridized carbons (Fsp3) is 0.385. The first-order chi connectivity index (χ1) is 8.97. The van der Waals surface area contributed by atoms with Crippen LogP contribution in [0, 0.1) is 5.92 Å². The summed E-state index contributed by atoms with van der Waals surface area (Å²) < 4.78 is 0. The van der Waals surface area contributed by atoms with Crippen molar-refractivity contribution in [3.8, 4) is 0 Å². The number of carboxylic acids is 1. The predicted octanol–water partition coefficient (Wildman–Crippen LogP) is 2.96. The lowest BCUT2D eigenvalue weighted by atomic mass is 10.2. The lowest BCUT2D eigenvalue weighted by Gasteiger charge is -2.14. The summed E-state index contributed by atoms with van der Waals surface area (Å²) in [5, 5.41) is 14.4. The van der Waals surface area contributed by atoms with Crippen molar-refractivity contribution in [1.82, 2.24) is 5.32 Å². The normalized spacial score (nSPS) is 15.7. The Labute approximate surface area is 116 Å². The Bertz CT molecular complexity index is 515. The van der Waals surface area contributed by atoms with Gasteiger partial charge >= 0.3 is 12.0 Å². The molecule has 0 spiro atoms. The van der Waals surface area contributed by atoms with Crippen LogP contribution in [0.2, 0.25) is 5.02 Å². The number of nitrogens with one attached hydrogen (secondary N) is 2. The minimum atomic E-state index is -1.09. The van der Waals surface area contributed by atoms with Gasteiger partial charge in [-0.2, -0.15) is 0 Å². The molecule has 1 aromatic rings. The van der Waals surface area contributed by atoms with Gasteiger partial charge in [0.2, 0.25) is 0 Å². The number of hydrogen-bond donors (Lipinski definition) is 3. The summed E-state index contributed by atoms with van der Waals surface area (Å²) in [6.07, 6.45) is 2.31. The monoisotopic (exact) mass is 282 g/mol. The fourth-order valence-corrected chi connectivity index (χ4v) is 2.12. The molecular formula is C13H15ClN2O3. The minimum absolute atomic E-state index is 0.0129. The van der Waals surface area contributed by atoms with E-state index in [0.29, 0.717) is 11.6 Å². The van der Waals surface area contributed by atoms with Crippen LogP contribution in [0.15, 0.2) is 18.2 Å². The molecule has 0 bridgehead atoms. The standard InChI is InChI=1S/C13H15ClN2O3/c1-7(8-2-3-8)15-13(19)16-9-4-5-10(12(17)18)11(14)6-9/h4-8H,2-3H2,1H3,(H,17,18)(H2,15,16,19). The molecule has 0 radical (unpaired) electrons. The first-order valence-corrected chi connectivity index (χ1v) is 6.45. The molecule has 6 heteroatoms. The largest absolute Gasteiger partial charge is 0.478 e. The van der Waals surface area contributed by atoms with Crippen LogP contribution in [-0.2, 0) is 0 Å². The van der Waals surface area contributed by atoms with Crippen molar-refractivity contribution >= 4 is 29.3 Å². The van der Waals surface area contributed by atoms with Crippen LogP contribution < -0.4 is 10.6 Å². The van der Waals surface area contributed by atoms with Crippen molar-refractivity contribution in [1.29, 1.82) is 0 Å². The zero-order chi connectivity index (χ0) is 14.0. The second-order valence-corrected chi connectivity index (χ2v) is 5.13. The van der Waals surface area contributed by atoms with E-state index in [4.69, 9.17) is 16.7 Å². The third-order valence-electron chi connectivity index (χ3n) is 3.15. The Morgan fingerprint density at radius 2 is 2.11 bits per heavy atom. The van der Waals surface area contributed by atoms with Gasteiger partial charge in [-0.05, 0) is 43.9 Å². The number of amides is 2. The maximum Gasteiger partial charge on any atom is 0.337 e. The predicted molar refractivity (Wildman–Crippen MR) is 72.8 cm³/mol. The average molecular weight is 283 g/mol. The van der Waals surface area contributed by atoms with E-state index >= 15 is 0 Å². The molecule has 1 aromatic carbocycles. The number of carbonyl (C=O) groups is 2. The number of urea groups is 1. The van der Waals surface area contributed by atoms with Crippen LogP contribution in [0.3, 0.4) is 0 Å². The summed E-state index contributed by atoms with van der Waals surface area (Å²) in [6.45, 7) is 1.97. The van der Waals surface area contributed by atoms with Crippen molar-refractivity contribution in [3.63, 3.8) is 0 Å². The molecule has 1 unspecified atom stereocenters. The smallest absolute Gasteiger partial charge is 0.337 e. The molecule has 1 fully saturated rings. The van der Waals surface area contributed by atoms with Crippen molar-refractivity contribution in [2.24, 2.45) is 5.92 Å². The first kappa shape index (κ1) is 13.7. The number of hydrogen-bond acceptors (Lipinski definition) is 2. The molecule has 19 heavy (non-hydrogen) atoms. The van der Waals surface area contributed by atoms with Crippen LogP contribution >= 0.6 is 11.6 Å². The lowest BCUT2D eigenvalue weighted by molar-refractivity contribution is 0.0697. The van der Waals surface area contributed by atoms with Gasteiger partial charge in [0.05, 0.1) is 10.6 Å². The number of halogens is 1. The topological polar surface area (TPSA) is 78.4 Å². The first-order valence-electron chi connectivity index (χ1n) is 6.07. The summed E-state index contributed by atoms with van der Waals surface area (Å²) in [6, 6.07) is 4.14.